The molecule has 3 heterocycles. The third kappa shape index (κ3) is 3.94. The molecular formula is C15H21BrN6OS. The van der Waals surface area contributed by atoms with Gasteiger partial charge in [0.2, 0.25) is 17.0 Å². The zero-order chi connectivity index (χ0) is 17.1. The van der Waals surface area contributed by atoms with Gasteiger partial charge in [0.1, 0.15) is 5.82 Å². The summed E-state index contributed by atoms with van der Waals surface area (Å²) in [5, 5.41) is 1.01. The highest BCUT2D eigenvalue weighted by molar-refractivity contribution is 9.10. The number of methoxy groups -OCH3 is 1. The van der Waals surface area contributed by atoms with Gasteiger partial charge in [-0.05, 0) is 21.8 Å². The van der Waals surface area contributed by atoms with Crippen LogP contribution in [-0.2, 0) is 6.42 Å². The van der Waals surface area contributed by atoms with E-state index in [4.69, 9.17) is 4.74 Å². The molecule has 1 aliphatic rings. The molecule has 0 bridgehead atoms. The van der Waals surface area contributed by atoms with Gasteiger partial charge in [-0.25, -0.2) is 9.97 Å². The Morgan fingerprint density at radius 2 is 1.92 bits per heavy atom. The first kappa shape index (κ1) is 17.3. The molecule has 0 saturated carbocycles. The van der Waals surface area contributed by atoms with Crippen molar-refractivity contribution in [3.05, 3.63) is 16.5 Å². The van der Waals surface area contributed by atoms with E-state index in [2.05, 4.69) is 58.9 Å². The first-order valence-corrected chi connectivity index (χ1v) is 9.52. The average Bonchev–Trinajstić information content (AvgIpc) is 3.03. The second-order valence-corrected chi connectivity index (χ2v) is 7.68. The second-order valence-electron chi connectivity index (χ2n) is 6.09. The van der Waals surface area contributed by atoms with Crippen LogP contribution in [0.1, 0.15) is 19.7 Å². The summed E-state index contributed by atoms with van der Waals surface area (Å²) >= 11 is 4.88. The van der Waals surface area contributed by atoms with E-state index in [1.54, 1.807) is 13.3 Å². The summed E-state index contributed by atoms with van der Waals surface area (Å²) in [5.41, 5.74) is 0. The largest absolute Gasteiger partial charge is 0.480 e. The van der Waals surface area contributed by atoms with Gasteiger partial charge < -0.3 is 14.5 Å². The fraction of sp³-hybridized carbons (Fsp3) is 0.600. The molecule has 0 unspecified atom stereocenters. The number of ether oxygens (including phenoxy) is 1. The van der Waals surface area contributed by atoms with Crippen LogP contribution in [0.25, 0.3) is 0 Å². The number of halogens is 1. The monoisotopic (exact) mass is 412 g/mol. The molecule has 1 aliphatic heterocycles. The van der Waals surface area contributed by atoms with Crippen molar-refractivity contribution in [1.82, 2.24) is 19.3 Å². The fourth-order valence-electron chi connectivity index (χ4n) is 2.56. The number of anilines is 2. The Hall–Kier alpha value is -1.48. The summed E-state index contributed by atoms with van der Waals surface area (Å²) in [7, 11) is 1.61. The van der Waals surface area contributed by atoms with Gasteiger partial charge in [-0.2, -0.15) is 9.36 Å². The van der Waals surface area contributed by atoms with Crippen molar-refractivity contribution in [2.24, 2.45) is 5.92 Å². The van der Waals surface area contributed by atoms with Crippen molar-refractivity contribution in [2.75, 3.05) is 43.1 Å². The number of rotatable bonds is 5. The second kappa shape index (κ2) is 7.60. The molecule has 1 fully saturated rings. The molecular weight excluding hydrogens is 392 g/mol. The van der Waals surface area contributed by atoms with Gasteiger partial charge in [0.25, 0.3) is 0 Å². The van der Waals surface area contributed by atoms with E-state index in [0.29, 0.717) is 17.7 Å². The molecule has 130 valence electrons. The highest BCUT2D eigenvalue weighted by atomic mass is 79.9. The zero-order valence-electron chi connectivity index (χ0n) is 14.1. The number of aromatic nitrogens is 4. The van der Waals surface area contributed by atoms with Crippen molar-refractivity contribution in [3.63, 3.8) is 0 Å². The van der Waals surface area contributed by atoms with E-state index >= 15 is 0 Å². The lowest BCUT2D eigenvalue weighted by atomic mass is 10.1. The lowest BCUT2D eigenvalue weighted by Crippen LogP contribution is -2.47. The lowest BCUT2D eigenvalue weighted by molar-refractivity contribution is 0.393. The van der Waals surface area contributed by atoms with Gasteiger partial charge in [0, 0.05) is 44.1 Å². The molecule has 2 aromatic rings. The number of hydrogen-bond donors (Lipinski definition) is 0. The van der Waals surface area contributed by atoms with Crippen molar-refractivity contribution in [1.29, 1.82) is 0 Å². The Bertz CT molecular complexity index is 686. The molecule has 9 heteroatoms. The van der Waals surface area contributed by atoms with Crippen LogP contribution in [0.3, 0.4) is 0 Å². The van der Waals surface area contributed by atoms with Crippen LogP contribution in [0.4, 0.5) is 11.1 Å². The molecule has 3 rings (SSSR count). The summed E-state index contributed by atoms with van der Waals surface area (Å²) in [6, 6.07) is 0. The molecule has 0 atom stereocenters. The first-order valence-electron chi connectivity index (χ1n) is 7.96. The number of nitrogens with zero attached hydrogens (tertiary/aromatic N) is 6. The Balaban J connectivity index is 1.62. The molecule has 0 aliphatic carbocycles. The first-order chi connectivity index (χ1) is 11.6. The SMILES string of the molecule is COc1nc(N2CCN(c3nc(CC(C)C)ns3)CC2)ncc1Br. The molecule has 0 radical (unpaired) electrons. The molecule has 0 N–H and O–H groups in total. The van der Waals surface area contributed by atoms with E-state index < -0.39 is 0 Å². The van der Waals surface area contributed by atoms with E-state index in [1.165, 1.54) is 11.5 Å². The van der Waals surface area contributed by atoms with E-state index in [9.17, 15) is 0 Å². The molecule has 7 nitrogen and oxygen atoms in total. The number of piperazine rings is 1. The van der Waals surface area contributed by atoms with Crippen LogP contribution in [-0.4, -0.2) is 52.6 Å². The molecule has 0 spiro atoms. The minimum absolute atomic E-state index is 0.560. The molecule has 2 aromatic heterocycles. The van der Waals surface area contributed by atoms with Crippen molar-refractivity contribution >= 4 is 38.5 Å². The average molecular weight is 413 g/mol. The van der Waals surface area contributed by atoms with Gasteiger partial charge in [0.15, 0.2) is 0 Å². The van der Waals surface area contributed by atoms with Gasteiger partial charge in [-0.1, -0.05) is 13.8 Å². The zero-order valence-corrected chi connectivity index (χ0v) is 16.5. The Morgan fingerprint density at radius 3 is 2.58 bits per heavy atom. The maximum absolute atomic E-state index is 5.25. The minimum atomic E-state index is 0.560. The molecule has 1 saturated heterocycles. The maximum atomic E-state index is 5.25. The normalized spacial score (nSPS) is 15.2. The highest BCUT2D eigenvalue weighted by Crippen LogP contribution is 2.25. The van der Waals surface area contributed by atoms with Crippen LogP contribution in [0.2, 0.25) is 0 Å². The minimum Gasteiger partial charge on any atom is -0.480 e. The molecule has 0 aromatic carbocycles. The Labute approximate surface area is 154 Å². The number of hydrogen-bond acceptors (Lipinski definition) is 8. The predicted octanol–water partition coefficient (Wildman–Crippen LogP) is 2.62. The van der Waals surface area contributed by atoms with Crippen LogP contribution < -0.4 is 14.5 Å². The Morgan fingerprint density at radius 1 is 1.21 bits per heavy atom. The summed E-state index contributed by atoms with van der Waals surface area (Å²) in [6.45, 7) is 7.85. The quantitative estimate of drug-likeness (QED) is 0.747. The molecule has 24 heavy (non-hydrogen) atoms. The maximum Gasteiger partial charge on any atom is 0.232 e. The van der Waals surface area contributed by atoms with Gasteiger partial charge in [-0.3, -0.25) is 0 Å². The smallest absolute Gasteiger partial charge is 0.232 e. The third-order valence-electron chi connectivity index (χ3n) is 3.77. The summed E-state index contributed by atoms with van der Waals surface area (Å²) < 4.78 is 10.5. The topological polar surface area (TPSA) is 67.3 Å². The predicted molar refractivity (Wildman–Crippen MR) is 99.2 cm³/mol. The summed E-state index contributed by atoms with van der Waals surface area (Å²) in [4.78, 5) is 18.0. The van der Waals surface area contributed by atoms with E-state index in [0.717, 1.165) is 48.0 Å². The van der Waals surface area contributed by atoms with E-state index in [-0.39, 0.29) is 0 Å². The van der Waals surface area contributed by atoms with Crippen molar-refractivity contribution in [2.45, 2.75) is 20.3 Å². The van der Waals surface area contributed by atoms with Gasteiger partial charge in [0.05, 0.1) is 17.8 Å². The fourth-order valence-corrected chi connectivity index (χ4v) is 3.66. The third-order valence-corrected chi connectivity index (χ3v) is 5.13. The summed E-state index contributed by atoms with van der Waals surface area (Å²) in [6.07, 6.45) is 2.67. The molecule has 0 amide bonds. The van der Waals surface area contributed by atoms with Crippen LogP contribution >= 0.6 is 27.5 Å². The van der Waals surface area contributed by atoms with E-state index in [1.807, 2.05) is 0 Å². The standard InChI is InChI=1S/C15H21BrN6OS/c1-10(2)8-12-18-15(24-20-12)22-6-4-21(5-7-22)14-17-9-11(16)13(19-14)23-3/h9-10H,4-8H2,1-3H3. The van der Waals surface area contributed by atoms with Crippen molar-refractivity contribution in [3.8, 4) is 5.88 Å². The lowest BCUT2D eigenvalue weighted by Gasteiger charge is -2.34. The van der Waals surface area contributed by atoms with Gasteiger partial charge in [-0.15, -0.1) is 0 Å². The highest BCUT2D eigenvalue weighted by Gasteiger charge is 2.22. The summed E-state index contributed by atoms with van der Waals surface area (Å²) in [5.74, 6) is 2.79. The van der Waals surface area contributed by atoms with Gasteiger partial charge >= 0.3 is 0 Å². The van der Waals surface area contributed by atoms with Crippen LogP contribution in [0.5, 0.6) is 5.88 Å². The van der Waals surface area contributed by atoms with Crippen LogP contribution in [0, 0.1) is 5.92 Å². The van der Waals surface area contributed by atoms with Crippen molar-refractivity contribution < 1.29 is 4.74 Å². The Kier molecular flexibility index (Phi) is 5.50. The van der Waals surface area contributed by atoms with Crippen LogP contribution in [0.15, 0.2) is 10.7 Å².